The molecule has 0 spiro atoms. The summed E-state index contributed by atoms with van der Waals surface area (Å²) >= 11 is 0. The summed E-state index contributed by atoms with van der Waals surface area (Å²) in [5.41, 5.74) is 4.23. The number of nitrogens with one attached hydrogen (secondary N) is 1. The summed E-state index contributed by atoms with van der Waals surface area (Å²) in [5, 5.41) is 2.87. The molecule has 2 aromatic carbocycles. The van der Waals surface area contributed by atoms with E-state index in [-0.39, 0.29) is 5.91 Å². The molecule has 2 aromatic rings. The number of benzene rings is 2. The SMILES string of the molecule is CCCCCCOc1ccc(C(=O)O[C@H](C)C(=O)Nc2c(C)cc(C)cc2C)cc1. The van der Waals surface area contributed by atoms with Gasteiger partial charge in [0, 0.05) is 5.69 Å². The summed E-state index contributed by atoms with van der Waals surface area (Å²) in [6.45, 7) is 10.3. The molecule has 5 heteroatoms. The van der Waals surface area contributed by atoms with Crippen LogP contribution in [0.4, 0.5) is 5.69 Å². The van der Waals surface area contributed by atoms with Crippen molar-refractivity contribution in [3.63, 3.8) is 0 Å². The first-order valence-electron chi connectivity index (χ1n) is 10.6. The highest BCUT2D eigenvalue weighted by Crippen LogP contribution is 2.22. The van der Waals surface area contributed by atoms with E-state index in [0.29, 0.717) is 12.2 Å². The lowest BCUT2D eigenvalue weighted by Crippen LogP contribution is -2.30. The standard InChI is InChI=1S/C25H33NO4/c1-6-7-8-9-14-29-22-12-10-21(11-13-22)25(28)30-20(5)24(27)26-23-18(3)15-17(2)16-19(23)4/h10-13,15-16,20H,6-9,14H2,1-5H3,(H,26,27)/t20-/m1/s1. The molecule has 5 nitrogen and oxygen atoms in total. The average molecular weight is 412 g/mol. The summed E-state index contributed by atoms with van der Waals surface area (Å²) in [4.78, 5) is 24.9. The second-order valence-corrected chi connectivity index (χ2v) is 7.74. The number of carbonyl (C=O) groups excluding carboxylic acids is 2. The summed E-state index contributed by atoms with van der Waals surface area (Å²) in [7, 11) is 0. The molecule has 0 unspecified atom stereocenters. The van der Waals surface area contributed by atoms with E-state index in [1.807, 2.05) is 32.9 Å². The molecular formula is C25H33NO4. The first-order chi connectivity index (χ1) is 14.3. The number of aryl methyl sites for hydroxylation is 3. The minimum Gasteiger partial charge on any atom is -0.494 e. The molecule has 1 amide bonds. The number of carbonyl (C=O) groups is 2. The van der Waals surface area contributed by atoms with Crippen molar-refractivity contribution in [2.75, 3.05) is 11.9 Å². The zero-order valence-electron chi connectivity index (χ0n) is 18.7. The highest BCUT2D eigenvalue weighted by molar-refractivity contribution is 5.98. The topological polar surface area (TPSA) is 64.6 Å². The molecule has 1 atom stereocenters. The van der Waals surface area contributed by atoms with Crippen LogP contribution in [-0.4, -0.2) is 24.6 Å². The normalized spacial score (nSPS) is 11.6. The van der Waals surface area contributed by atoms with Gasteiger partial charge < -0.3 is 14.8 Å². The predicted molar refractivity (Wildman–Crippen MR) is 120 cm³/mol. The molecule has 0 fully saturated rings. The third-order valence-electron chi connectivity index (χ3n) is 4.93. The summed E-state index contributed by atoms with van der Waals surface area (Å²) in [6, 6.07) is 10.8. The van der Waals surface area contributed by atoms with E-state index in [9.17, 15) is 9.59 Å². The van der Waals surface area contributed by atoms with Gasteiger partial charge in [-0.3, -0.25) is 4.79 Å². The van der Waals surface area contributed by atoms with Gasteiger partial charge in [0.25, 0.3) is 5.91 Å². The van der Waals surface area contributed by atoms with Crippen molar-refractivity contribution in [2.45, 2.75) is 66.4 Å². The first-order valence-corrected chi connectivity index (χ1v) is 10.6. The fourth-order valence-electron chi connectivity index (χ4n) is 3.29. The molecule has 2 rings (SSSR count). The van der Waals surface area contributed by atoms with Gasteiger partial charge in [0.15, 0.2) is 6.10 Å². The number of unbranched alkanes of at least 4 members (excludes halogenated alkanes) is 3. The molecule has 0 saturated heterocycles. The monoisotopic (exact) mass is 411 g/mol. The lowest BCUT2D eigenvalue weighted by Gasteiger charge is -2.17. The Morgan fingerprint density at radius 1 is 0.967 bits per heavy atom. The largest absolute Gasteiger partial charge is 0.494 e. The second kappa shape index (κ2) is 11.4. The van der Waals surface area contributed by atoms with Crippen LogP contribution in [0.25, 0.3) is 0 Å². The molecule has 0 aliphatic heterocycles. The smallest absolute Gasteiger partial charge is 0.338 e. The Balaban J connectivity index is 1.88. The van der Waals surface area contributed by atoms with Crippen molar-refractivity contribution >= 4 is 17.6 Å². The highest BCUT2D eigenvalue weighted by Gasteiger charge is 2.20. The number of ether oxygens (including phenoxy) is 2. The number of esters is 1. The second-order valence-electron chi connectivity index (χ2n) is 7.74. The number of rotatable bonds is 10. The Morgan fingerprint density at radius 3 is 2.20 bits per heavy atom. The third-order valence-corrected chi connectivity index (χ3v) is 4.93. The number of anilines is 1. The van der Waals surface area contributed by atoms with Gasteiger partial charge >= 0.3 is 5.97 Å². The van der Waals surface area contributed by atoms with Crippen molar-refractivity contribution in [2.24, 2.45) is 0 Å². The average Bonchev–Trinajstić information content (AvgIpc) is 2.70. The van der Waals surface area contributed by atoms with Crippen LogP contribution < -0.4 is 10.1 Å². The predicted octanol–water partition coefficient (Wildman–Crippen LogP) is 5.75. The van der Waals surface area contributed by atoms with E-state index in [4.69, 9.17) is 9.47 Å². The van der Waals surface area contributed by atoms with E-state index in [1.54, 1.807) is 31.2 Å². The van der Waals surface area contributed by atoms with E-state index < -0.39 is 12.1 Å². The third kappa shape index (κ3) is 6.90. The summed E-state index contributed by atoms with van der Waals surface area (Å²) < 4.78 is 11.0. The fraction of sp³-hybridized carbons (Fsp3) is 0.440. The van der Waals surface area contributed by atoms with Gasteiger partial charge in [-0.05, 0) is 69.5 Å². The molecule has 30 heavy (non-hydrogen) atoms. The Kier molecular flexibility index (Phi) is 8.90. The van der Waals surface area contributed by atoms with Crippen LogP contribution in [0.15, 0.2) is 36.4 Å². The minimum atomic E-state index is -0.910. The summed E-state index contributed by atoms with van der Waals surface area (Å²) in [6.07, 6.45) is 3.67. The number of hydrogen-bond acceptors (Lipinski definition) is 4. The van der Waals surface area contributed by atoms with Gasteiger partial charge in [0.05, 0.1) is 12.2 Å². The molecule has 0 aromatic heterocycles. The maximum Gasteiger partial charge on any atom is 0.338 e. The van der Waals surface area contributed by atoms with Crippen LogP contribution in [0.3, 0.4) is 0 Å². The lowest BCUT2D eigenvalue weighted by atomic mass is 10.0. The molecule has 0 heterocycles. The number of hydrogen-bond donors (Lipinski definition) is 1. The Morgan fingerprint density at radius 2 is 1.60 bits per heavy atom. The van der Waals surface area contributed by atoms with Crippen LogP contribution in [0.2, 0.25) is 0 Å². The zero-order valence-corrected chi connectivity index (χ0v) is 18.7. The van der Waals surface area contributed by atoms with E-state index in [2.05, 4.69) is 12.2 Å². The van der Waals surface area contributed by atoms with Gasteiger partial charge in [-0.1, -0.05) is 43.9 Å². The van der Waals surface area contributed by atoms with Gasteiger partial charge in [-0.25, -0.2) is 4.79 Å². The van der Waals surface area contributed by atoms with Gasteiger partial charge in [0.1, 0.15) is 5.75 Å². The van der Waals surface area contributed by atoms with Crippen molar-refractivity contribution in [1.82, 2.24) is 0 Å². The van der Waals surface area contributed by atoms with E-state index >= 15 is 0 Å². The lowest BCUT2D eigenvalue weighted by molar-refractivity contribution is -0.123. The molecule has 0 aliphatic rings. The molecule has 0 aliphatic carbocycles. The van der Waals surface area contributed by atoms with Gasteiger partial charge in [-0.2, -0.15) is 0 Å². The first kappa shape index (κ1) is 23.5. The summed E-state index contributed by atoms with van der Waals surface area (Å²) in [5.74, 6) is -0.172. The van der Waals surface area contributed by atoms with Crippen molar-refractivity contribution in [3.8, 4) is 5.75 Å². The number of amides is 1. The van der Waals surface area contributed by atoms with Crippen molar-refractivity contribution < 1.29 is 19.1 Å². The van der Waals surface area contributed by atoms with Gasteiger partial charge in [-0.15, -0.1) is 0 Å². The highest BCUT2D eigenvalue weighted by atomic mass is 16.5. The van der Waals surface area contributed by atoms with Crippen LogP contribution in [0.1, 0.15) is 66.6 Å². The molecule has 0 bridgehead atoms. The quantitative estimate of drug-likeness (QED) is 0.399. The molecular weight excluding hydrogens is 378 g/mol. The maximum absolute atomic E-state index is 12.5. The molecule has 0 radical (unpaired) electrons. The Labute approximate surface area is 179 Å². The zero-order chi connectivity index (χ0) is 22.1. The van der Waals surface area contributed by atoms with Gasteiger partial charge in [0.2, 0.25) is 0 Å². The fourth-order valence-corrected chi connectivity index (χ4v) is 3.29. The van der Waals surface area contributed by atoms with Crippen molar-refractivity contribution in [3.05, 3.63) is 58.7 Å². The Bertz CT molecular complexity index is 835. The molecule has 0 saturated carbocycles. The van der Waals surface area contributed by atoms with Crippen LogP contribution in [0, 0.1) is 20.8 Å². The molecule has 162 valence electrons. The van der Waals surface area contributed by atoms with Crippen LogP contribution in [0.5, 0.6) is 5.75 Å². The Hall–Kier alpha value is -2.82. The van der Waals surface area contributed by atoms with Crippen molar-refractivity contribution in [1.29, 1.82) is 0 Å². The molecule has 1 N–H and O–H groups in total. The minimum absolute atomic E-state index is 0.356. The van der Waals surface area contributed by atoms with Crippen LogP contribution in [-0.2, 0) is 9.53 Å². The van der Waals surface area contributed by atoms with E-state index in [0.717, 1.165) is 41.0 Å². The maximum atomic E-state index is 12.5. The van der Waals surface area contributed by atoms with E-state index in [1.165, 1.54) is 12.8 Å². The van der Waals surface area contributed by atoms with Crippen LogP contribution >= 0.6 is 0 Å².